The summed E-state index contributed by atoms with van der Waals surface area (Å²) >= 11 is 0. The predicted octanol–water partition coefficient (Wildman–Crippen LogP) is -0.0139. The highest BCUT2D eigenvalue weighted by Gasteiger charge is 2.21. The van der Waals surface area contributed by atoms with Gasteiger partial charge in [0.15, 0.2) is 0 Å². The smallest absolute Gasteiger partial charge is 0.0829 e. The van der Waals surface area contributed by atoms with Gasteiger partial charge in [-0.3, -0.25) is 4.90 Å². The van der Waals surface area contributed by atoms with Crippen molar-refractivity contribution in [3.8, 4) is 0 Å². The Hall–Kier alpha value is -0.160. The van der Waals surface area contributed by atoms with Crippen molar-refractivity contribution < 1.29 is 4.74 Å². The van der Waals surface area contributed by atoms with Crippen LogP contribution in [0.4, 0.5) is 0 Å². The molecule has 0 bridgehead atoms. The molecule has 1 saturated heterocycles. The molecule has 0 aliphatic carbocycles. The minimum absolute atomic E-state index is 0.345. The van der Waals surface area contributed by atoms with Gasteiger partial charge < -0.3 is 15.4 Å². The first-order valence-electron chi connectivity index (χ1n) is 5.87. The van der Waals surface area contributed by atoms with Gasteiger partial charge in [0.05, 0.1) is 12.7 Å². The van der Waals surface area contributed by atoms with Crippen LogP contribution in [0.15, 0.2) is 0 Å². The van der Waals surface area contributed by atoms with Crippen LogP contribution < -0.4 is 5.73 Å². The second-order valence-electron chi connectivity index (χ2n) is 4.63. The summed E-state index contributed by atoms with van der Waals surface area (Å²) in [6.07, 6.45) is 0.345. The number of ether oxygens (including phenoxy) is 1. The van der Waals surface area contributed by atoms with E-state index in [0.717, 1.165) is 39.3 Å². The number of morpholine rings is 1. The lowest BCUT2D eigenvalue weighted by Crippen LogP contribution is -2.48. The van der Waals surface area contributed by atoms with Crippen molar-refractivity contribution in [1.82, 2.24) is 9.80 Å². The van der Waals surface area contributed by atoms with Crippen LogP contribution in [0, 0.1) is 0 Å². The van der Waals surface area contributed by atoms with Crippen LogP contribution in [0.1, 0.15) is 13.8 Å². The van der Waals surface area contributed by atoms with E-state index >= 15 is 0 Å². The second kappa shape index (κ2) is 6.43. The van der Waals surface area contributed by atoms with Crippen molar-refractivity contribution in [3.63, 3.8) is 0 Å². The third kappa shape index (κ3) is 4.47. The molecule has 0 saturated carbocycles. The third-order valence-corrected chi connectivity index (χ3v) is 2.93. The van der Waals surface area contributed by atoms with Gasteiger partial charge in [0.1, 0.15) is 0 Å². The van der Waals surface area contributed by atoms with Crippen molar-refractivity contribution >= 4 is 0 Å². The van der Waals surface area contributed by atoms with Crippen LogP contribution >= 0.6 is 0 Å². The number of hydrogen-bond donors (Lipinski definition) is 1. The maximum Gasteiger partial charge on any atom is 0.0829 e. The average molecular weight is 215 g/mol. The van der Waals surface area contributed by atoms with Gasteiger partial charge in [0.25, 0.3) is 0 Å². The van der Waals surface area contributed by atoms with Crippen molar-refractivity contribution in [1.29, 1.82) is 0 Å². The fourth-order valence-electron chi connectivity index (χ4n) is 1.96. The molecule has 90 valence electrons. The van der Waals surface area contributed by atoms with Gasteiger partial charge in [-0.15, -0.1) is 0 Å². The van der Waals surface area contributed by atoms with E-state index in [2.05, 4.69) is 30.7 Å². The molecule has 15 heavy (non-hydrogen) atoms. The zero-order chi connectivity index (χ0) is 11.3. The molecule has 0 spiro atoms. The van der Waals surface area contributed by atoms with Gasteiger partial charge in [-0.1, -0.05) is 0 Å². The Morgan fingerprint density at radius 3 is 2.80 bits per heavy atom. The molecule has 1 aliphatic heterocycles. The lowest BCUT2D eigenvalue weighted by molar-refractivity contribution is -0.0391. The minimum Gasteiger partial charge on any atom is -0.374 e. The molecule has 1 rings (SSSR count). The minimum atomic E-state index is 0.345. The van der Waals surface area contributed by atoms with Gasteiger partial charge in [-0.05, 0) is 20.9 Å². The van der Waals surface area contributed by atoms with Gasteiger partial charge >= 0.3 is 0 Å². The summed E-state index contributed by atoms with van der Waals surface area (Å²) in [5.41, 5.74) is 5.61. The average Bonchev–Trinajstić information content (AvgIpc) is 2.17. The van der Waals surface area contributed by atoms with Gasteiger partial charge in [-0.25, -0.2) is 0 Å². The third-order valence-electron chi connectivity index (χ3n) is 2.93. The fourth-order valence-corrected chi connectivity index (χ4v) is 1.96. The topological polar surface area (TPSA) is 41.7 Å². The second-order valence-corrected chi connectivity index (χ2v) is 4.63. The van der Waals surface area contributed by atoms with E-state index in [0.29, 0.717) is 12.1 Å². The number of nitrogens with zero attached hydrogens (tertiary/aromatic N) is 2. The Morgan fingerprint density at radius 2 is 2.27 bits per heavy atom. The van der Waals surface area contributed by atoms with E-state index < -0.39 is 0 Å². The number of rotatable bonds is 5. The van der Waals surface area contributed by atoms with Crippen LogP contribution in [0.25, 0.3) is 0 Å². The summed E-state index contributed by atoms with van der Waals surface area (Å²) in [7, 11) is 2.15. The summed E-state index contributed by atoms with van der Waals surface area (Å²) in [6, 6.07) is 0.546. The Labute approximate surface area is 93.4 Å². The van der Waals surface area contributed by atoms with Crippen molar-refractivity contribution in [3.05, 3.63) is 0 Å². The molecule has 0 amide bonds. The highest BCUT2D eigenvalue weighted by molar-refractivity contribution is 4.75. The first-order chi connectivity index (χ1) is 7.13. The Balaban J connectivity index is 2.35. The highest BCUT2D eigenvalue weighted by Crippen LogP contribution is 2.07. The van der Waals surface area contributed by atoms with Crippen LogP contribution in [-0.2, 0) is 4.74 Å². The SMILES string of the molecule is CC(C)N(CCN)CC1CN(C)CCO1. The summed E-state index contributed by atoms with van der Waals surface area (Å²) in [5, 5.41) is 0. The molecule has 0 aromatic heterocycles. The Kier molecular flexibility index (Phi) is 5.53. The molecule has 4 nitrogen and oxygen atoms in total. The van der Waals surface area contributed by atoms with E-state index in [9.17, 15) is 0 Å². The normalized spacial score (nSPS) is 24.0. The Bertz CT molecular complexity index is 175. The number of nitrogens with two attached hydrogens (primary N) is 1. The van der Waals surface area contributed by atoms with Crippen molar-refractivity contribution in [2.45, 2.75) is 26.0 Å². The summed E-state index contributed by atoms with van der Waals surface area (Å²) in [4.78, 5) is 4.72. The first-order valence-corrected chi connectivity index (χ1v) is 5.87. The molecule has 1 atom stereocenters. The van der Waals surface area contributed by atoms with Gasteiger partial charge in [0.2, 0.25) is 0 Å². The summed E-state index contributed by atoms with van der Waals surface area (Å²) in [6.45, 7) is 10.0. The lowest BCUT2D eigenvalue weighted by atomic mass is 10.2. The van der Waals surface area contributed by atoms with Crippen LogP contribution in [0.3, 0.4) is 0 Å². The van der Waals surface area contributed by atoms with Crippen molar-refractivity contribution in [2.75, 3.05) is 46.4 Å². The lowest BCUT2D eigenvalue weighted by Gasteiger charge is -2.35. The van der Waals surface area contributed by atoms with Gasteiger partial charge in [0, 0.05) is 38.8 Å². The molecule has 1 unspecified atom stereocenters. The largest absolute Gasteiger partial charge is 0.374 e. The van der Waals surface area contributed by atoms with Crippen LogP contribution in [0.5, 0.6) is 0 Å². The predicted molar refractivity (Wildman–Crippen MR) is 63.0 cm³/mol. The van der Waals surface area contributed by atoms with Gasteiger partial charge in [-0.2, -0.15) is 0 Å². The zero-order valence-corrected chi connectivity index (χ0v) is 10.3. The summed E-state index contributed by atoms with van der Waals surface area (Å²) in [5.74, 6) is 0. The maximum atomic E-state index is 5.75. The van der Waals surface area contributed by atoms with E-state index in [4.69, 9.17) is 10.5 Å². The molecule has 1 aliphatic rings. The van der Waals surface area contributed by atoms with Crippen LogP contribution in [0.2, 0.25) is 0 Å². The van der Waals surface area contributed by atoms with E-state index in [1.54, 1.807) is 0 Å². The number of hydrogen-bond acceptors (Lipinski definition) is 4. The molecule has 0 aromatic rings. The molecular formula is C11H25N3O. The molecule has 4 heteroatoms. The highest BCUT2D eigenvalue weighted by atomic mass is 16.5. The maximum absolute atomic E-state index is 5.75. The quantitative estimate of drug-likeness (QED) is 0.700. The molecule has 1 heterocycles. The molecule has 0 aromatic carbocycles. The first kappa shape index (κ1) is 12.9. The molecule has 2 N–H and O–H groups in total. The molecule has 0 radical (unpaired) electrons. The van der Waals surface area contributed by atoms with Crippen molar-refractivity contribution in [2.24, 2.45) is 5.73 Å². The van der Waals surface area contributed by atoms with Crippen LogP contribution in [-0.4, -0.2) is 68.3 Å². The molecule has 1 fully saturated rings. The fraction of sp³-hybridized carbons (Fsp3) is 1.00. The standard InChI is InChI=1S/C11H25N3O/c1-10(2)14(5-4-12)9-11-8-13(3)6-7-15-11/h10-11H,4-9,12H2,1-3H3. The summed E-state index contributed by atoms with van der Waals surface area (Å²) < 4.78 is 5.75. The van der Waals surface area contributed by atoms with E-state index in [1.165, 1.54) is 0 Å². The molecular weight excluding hydrogens is 190 g/mol. The van der Waals surface area contributed by atoms with E-state index in [-0.39, 0.29) is 0 Å². The zero-order valence-electron chi connectivity index (χ0n) is 10.3. The van der Waals surface area contributed by atoms with E-state index in [1.807, 2.05) is 0 Å². The number of likely N-dealkylation sites (N-methyl/N-ethyl adjacent to an activating group) is 1. The Morgan fingerprint density at radius 1 is 1.53 bits per heavy atom. The monoisotopic (exact) mass is 215 g/mol.